The summed E-state index contributed by atoms with van der Waals surface area (Å²) in [5.41, 5.74) is 0. The van der Waals surface area contributed by atoms with Gasteiger partial charge in [-0.05, 0) is 25.8 Å². The van der Waals surface area contributed by atoms with Crippen LogP contribution in [0.3, 0.4) is 0 Å². The van der Waals surface area contributed by atoms with Crippen LogP contribution in [0.25, 0.3) is 0 Å². The van der Waals surface area contributed by atoms with E-state index in [1.165, 1.54) is 0 Å². The van der Waals surface area contributed by atoms with Gasteiger partial charge in [-0.3, -0.25) is 0 Å². The van der Waals surface area contributed by atoms with Crippen molar-refractivity contribution >= 4 is 0 Å². The van der Waals surface area contributed by atoms with Crippen LogP contribution in [-0.2, 0) is 13.0 Å². The van der Waals surface area contributed by atoms with E-state index < -0.39 is 0 Å². The van der Waals surface area contributed by atoms with Crippen LogP contribution in [0, 0.1) is 11.3 Å². The van der Waals surface area contributed by atoms with Crippen molar-refractivity contribution in [2.24, 2.45) is 0 Å². The largest absolute Gasteiger partial charge is 0.312 e. The Balaban J connectivity index is 1.67. The molecule has 1 aromatic heterocycles. The molecule has 0 amide bonds. The highest BCUT2D eigenvalue weighted by Gasteiger charge is 2.18. The number of nitrogens with zero attached hydrogens (tertiary/aromatic N) is 4. The third-order valence-electron chi connectivity index (χ3n) is 2.95. The van der Waals surface area contributed by atoms with Crippen LogP contribution in [0.15, 0.2) is 6.33 Å². The van der Waals surface area contributed by atoms with E-state index >= 15 is 0 Å². The smallest absolute Gasteiger partial charge is 0.138 e. The van der Waals surface area contributed by atoms with Gasteiger partial charge in [0.15, 0.2) is 0 Å². The van der Waals surface area contributed by atoms with Gasteiger partial charge in [-0.25, -0.2) is 9.67 Å². The van der Waals surface area contributed by atoms with E-state index in [0.717, 1.165) is 44.6 Å². The van der Waals surface area contributed by atoms with Crippen LogP contribution in [0.4, 0.5) is 0 Å². The maximum atomic E-state index is 8.41. The molecule has 0 bridgehead atoms. The minimum Gasteiger partial charge on any atom is -0.312 e. The van der Waals surface area contributed by atoms with E-state index in [4.69, 9.17) is 5.26 Å². The molecule has 2 heterocycles. The fraction of sp³-hybridized carbons (Fsp3) is 0.727. The zero-order valence-corrected chi connectivity index (χ0v) is 9.39. The molecule has 1 aliphatic rings. The first-order chi connectivity index (χ1) is 7.90. The fourth-order valence-electron chi connectivity index (χ4n) is 2.04. The van der Waals surface area contributed by atoms with Crippen LogP contribution in [0.2, 0.25) is 0 Å². The summed E-state index contributed by atoms with van der Waals surface area (Å²) in [6.45, 7) is 1.92. The van der Waals surface area contributed by atoms with Gasteiger partial charge in [0.05, 0.1) is 12.6 Å². The Kier molecular flexibility index (Phi) is 3.89. The Morgan fingerprint density at radius 1 is 1.56 bits per heavy atom. The third-order valence-corrected chi connectivity index (χ3v) is 2.95. The molecule has 0 radical (unpaired) electrons. The first-order valence-corrected chi connectivity index (χ1v) is 5.87. The van der Waals surface area contributed by atoms with E-state index in [1.54, 1.807) is 6.33 Å². The number of rotatable bonds is 5. The second-order valence-electron chi connectivity index (χ2n) is 4.16. The minimum atomic E-state index is 0.510. The molecule has 1 atom stereocenters. The summed E-state index contributed by atoms with van der Waals surface area (Å²) in [5, 5.41) is 16.1. The normalized spacial score (nSPS) is 19.1. The summed E-state index contributed by atoms with van der Waals surface area (Å²) in [6.07, 6.45) is 6.51. The number of aryl methyl sites for hydroxylation is 1. The van der Waals surface area contributed by atoms with Crippen molar-refractivity contribution in [3.8, 4) is 6.07 Å². The molecule has 5 heteroatoms. The van der Waals surface area contributed by atoms with E-state index in [-0.39, 0.29) is 0 Å². The first-order valence-electron chi connectivity index (χ1n) is 5.87. The minimum absolute atomic E-state index is 0.510. The Morgan fingerprint density at radius 2 is 2.50 bits per heavy atom. The summed E-state index contributed by atoms with van der Waals surface area (Å²) in [4.78, 5) is 4.20. The Labute approximate surface area is 95.5 Å². The van der Waals surface area contributed by atoms with Crippen LogP contribution in [0.1, 0.15) is 31.5 Å². The highest BCUT2D eigenvalue weighted by molar-refractivity contribution is 4.92. The highest BCUT2D eigenvalue weighted by Crippen LogP contribution is 2.11. The maximum Gasteiger partial charge on any atom is 0.138 e. The van der Waals surface area contributed by atoms with Crippen molar-refractivity contribution in [3.63, 3.8) is 0 Å². The van der Waals surface area contributed by atoms with Crippen molar-refractivity contribution < 1.29 is 0 Å². The zero-order valence-electron chi connectivity index (χ0n) is 9.39. The molecule has 5 nitrogen and oxygen atoms in total. The Hall–Kier alpha value is -1.41. The second kappa shape index (κ2) is 5.61. The molecule has 1 unspecified atom stereocenters. The molecule has 86 valence electrons. The molecule has 1 N–H and O–H groups in total. The van der Waals surface area contributed by atoms with Gasteiger partial charge in [0.2, 0.25) is 0 Å². The van der Waals surface area contributed by atoms with Crippen molar-refractivity contribution in [2.75, 3.05) is 6.54 Å². The summed E-state index contributed by atoms with van der Waals surface area (Å²) in [6, 6.07) is 2.68. The quantitative estimate of drug-likeness (QED) is 0.746. The molecule has 0 saturated carbocycles. The van der Waals surface area contributed by atoms with Gasteiger partial charge in [-0.15, -0.1) is 0 Å². The predicted octanol–water partition coefficient (Wildman–Crippen LogP) is 0.876. The molecule has 1 aromatic rings. The number of aromatic nitrogens is 3. The van der Waals surface area contributed by atoms with E-state index in [1.807, 2.05) is 4.68 Å². The van der Waals surface area contributed by atoms with Crippen molar-refractivity contribution in [1.82, 2.24) is 20.1 Å². The number of hydrogen-bond donors (Lipinski definition) is 1. The monoisotopic (exact) mass is 219 g/mol. The SMILES string of the molecule is N#CCCCCNC1CCc2ncnn2C1. The number of unbranched alkanes of at least 4 members (excludes halogenated alkanes) is 2. The molecule has 0 aromatic carbocycles. The van der Waals surface area contributed by atoms with Gasteiger partial charge in [0.25, 0.3) is 0 Å². The maximum absolute atomic E-state index is 8.41. The van der Waals surface area contributed by atoms with Crippen molar-refractivity contribution in [1.29, 1.82) is 5.26 Å². The van der Waals surface area contributed by atoms with Crippen LogP contribution in [0.5, 0.6) is 0 Å². The van der Waals surface area contributed by atoms with E-state index in [2.05, 4.69) is 21.5 Å². The molecule has 16 heavy (non-hydrogen) atoms. The molecule has 0 spiro atoms. The fourth-order valence-corrected chi connectivity index (χ4v) is 2.04. The van der Waals surface area contributed by atoms with Gasteiger partial charge in [0.1, 0.15) is 12.2 Å². The van der Waals surface area contributed by atoms with Gasteiger partial charge in [-0.1, -0.05) is 0 Å². The van der Waals surface area contributed by atoms with Crippen LogP contribution < -0.4 is 5.32 Å². The molecular formula is C11H17N5. The highest BCUT2D eigenvalue weighted by atomic mass is 15.3. The Bertz CT molecular complexity index is 365. The molecule has 1 aliphatic heterocycles. The number of nitriles is 1. The van der Waals surface area contributed by atoms with Gasteiger partial charge < -0.3 is 5.32 Å². The number of hydrogen-bond acceptors (Lipinski definition) is 4. The first kappa shape index (κ1) is 11.1. The van der Waals surface area contributed by atoms with Gasteiger partial charge in [0, 0.05) is 18.9 Å². The molecule has 2 rings (SSSR count). The standard InChI is InChI=1S/C11H17N5/c12-6-2-1-3-7-13-10-4-5-11-14-9-15-16(11)8-10/h9-10,13H,1-5,7-8H2. The summed E-state index contributed by atoms with van der Waals surface area (Å²) in [5.74, 6) is 1.10. The lowest BCUT2D eigenvalue weighted by molar-refractivity contribution is 0.357. The topological polar surface area (TPSA) is 66.5 Å². The lowest BCUT2D eigenvalue weighted by Gasteiger charge is -2.23. The molecule has 0 aliphatic carbocycles. The van der Waals surface area contributed by atoms with Crippen molar-refractivity contribution in [3.05, 3.63) is 12.2 Å². The van der Waals surface area contributed by atoms with Crippen LogP contribution in [-0.4, -0.2) is 27.4 Å². The van der Waals surface area contributed by atoms with E-state index in [0.29, 0.717) is 12.5 Å². The second-order valence-corrected chi connectivity index (χ2v) is 4.16. The van der Waals surface area contributed by atoms with Crippen molar-refractivity contribution in [2.45, 2.75) is 44.7 Å². The lowest BCUT2D eigenvalue weighted by atomic mass is 10.1. The number of nitrogens with one attached hydrogen (secondary N) is 1. The predicted molar refractivity (Wildman–Crippen MR) is 59.6 cm³/mol. The Morgan fingerprint density at radius 3 is 3.38 bits per heavy atom. The summed E-state index contributed by atoms with van der Waals surface area (Å²) < 4.78 is 1.98. The zero-order chi connectivity index (χ0) is 11.2. The number of fused-ring (bicyclic) bond motifs is 1. The van der Waals surface area contributed by atoms with E-state index in [9.17, 15) is 0 Å². The van der Waals surface area contributed by atoms with Gasteiger partial charge >= 0.3 is 0 Å². The summed E-state index contributed by atoms with van der Waals surface area (Å²) in [7, 11) is 0. The average molecular weight is 219 g/mol. The molecule has 0 fully saturated rings. The molecule has 0 saturated heterocycles. The molecular weight excluding hydrogens is 202 g/mol. The third kappa shape index (κ3) is 2.80. The average Bonchev–Trinajstić information content (AvgIpc) is 2.76. The van der Waals surface area contributed by atoms with Crippen LogP contribution >= 0.6 is 0 Å². The summed E-state index contributed by atoms with van der Waals surface area (Å²) >= 11 is 0. The lowest BCUT2D eigenvalue weighted by Crippen LogP contribution is -2.38. The van der Waals surface area contributed by atoms with Gasteiger partial charge in [-0.2, -0.15) is 10.4 Å².